The summed E-state index contributed by atoms with van der Waals surface area (Å²) in [5.41, 5.74) is 6.88. The number of sulfone groups is 1. The Balaban J connectivity index is 2.04. The summed E-state index contributed by atoms with van der Waals surface area (Å²) in [4.78, 5) is 6.57. The zero-order valence-corrected chi connectivity index (χ0v) is 12.9. The third-order valence-corrected chi connectivity index (χ3v) is 4.57. The highest BCUT2D eigenvalue weighted by molar-refractivity contribution is 7.89. The normalized spacial score (nSPS) is 23.2. The summed E-state index contributed by atoms with van der Waals surface area (Å²) in [5.74, 6) is 1.45. The van der Waals surface area contributed by atoms with E-state index in [1.165, 1.54) is 6.26 Å². The highest BCUT2D eigenvalue weighted by Gasteiger charge is 2.29. The van der Waals surface area contributed by atoms with Gasteiger partial charge in [0.2, 0.25) is 0 Å². The highest BCUT2D eigenvalue weighted by Crippen LogP contribution is 2.24. The fraction of sp³-hybridized carbons (Fsp3) is 0.643. The molecule has 2 heterocycles. The second kappa shape index (κ2) is 6.10. The predicted octanol–water partition coefficient (Wildman–Crippen LogP) is 1.19. The maximum atomic E-state index is 11.2. The number of aromatic nitrogens is 1. The van der Waals surface area contributed by atoms with Gasteiger partial charge in [-0.2, -0.15) is 0 Å². The molecular formula is C14H23N3O2S. The molecule has 1 aliphatic rings. The average Bonchev–Trinajstić information content (AvgIpc) is 2.70. The zero-order valence-electron chi connectivity index (χ0n) is 12.1. The second-order valence-electron chi connectivity index (χ2n) is 5.71. The van der Waals surface area contributed by atoms with Crippen LogP contribution in [0.5, 0.6) is 0 Å². The molecule has 0 amide bonds. The molecule has 20 heavy (non-hydrogen) atoms. The summed E-state index contributed by atoms with van der Waals surface area (Å²) >= 11 is 0. The van der Waals surface area contributed by atoms with E-state index < -0.39 is 9.84 Å². The SMILES string of the molecule is CCC[C@H]1CN(c2ccc(CS(C)(=O)=O)cn2)C[C@@H]1N. The Morgan fingerprint density at radius 3 is 2.70 bits per heavy atom. The molecule has 0 bridgehead atoms. The van der Waals surface area contributed by atoms with Gasteiger partial charge in [-0.15, -0.1) is 0 Å². The van der Waals surface area contributed by atoms with Crippen molar-refractivity contribution in [3.8, 4) is 0 Å². The monoisotopic (exact) mass is 297 g/mol. The Morgan fingerprint density at radius 2 is 2.15 bits per heavy atom. The summed E-state index contributed by atoms with van der Waals surface area (Å²) in [5, 5.41) is 0. The van der Waals surface area contributed by atoms with E-state index in [4.69, 9.17) is 5.73 Å². The van der Waals surface area contributed by atoms with Gasteiger partial charge < -0.3 is 10.6 Å². The minimum absolute atomic E-state index is 0.0399. The van der Waals surface area contributed by atoms with Gasteiger partial charge in [-0.05, 0) is 24.0 Å². The number of hydrogen-bond acceptors (Lipinski definition) is 5. The maximum absolute atomic E-state index is 11.2. The van der Waals surface area contributed by atoms with Gasteiger partial charge in [0.15, 0.2) is 9.84 Å². The molecule has 0 spiro atoms. The van der Waals surface area contributed by atoms with Crippen molar-refractivity contribution in [2.45, 2.75) is 31.6 Å². The van der Waals surface area contributed by atoms with E-state index in [0.717, 1.165) is 37.3 Å². The molecule has 2 atom stereocenters. The van der Waals surface area contributed by atoms with Crippen molar-refractivity contribution in [2.24, 2.45) is 11.7 Å². The highest BCUT2D eigenvalue weighted by atomic mass is 32.2. The van der Waals surface area contributed by atoms with Gasteiger partial charge in [-0.25, -0.2) is 13.4 Å². The van der Waals surface area contributed by atoms with Crippen molar-refractivity contribution in [1.82, 2.24) is 4.98 Å². The van der Waals surface area contributed by atoms with Crippen molar-refractivity contribution < 1.29 is 8.42 Å². The Labute approximate surface area is 121 Å². The Bertz CT molecular complexity index is 542. The number of rotatable bonds is 5. The van der Waals surface area contributed by atoms with Crippen molar-refractivity contribution in [3.05, 3.63) is 23.9 Å². The number of nitrogens with two attached hydrogens (primary N) is 1. The van der Waals surface area contributed by atoms with Crippen molar-refractivity contribution >= 4 is 15.7 Å². The molecule has 2 rings (SSSR count). The molecule has 6 heteroatoms. The van der Waals surface area contributed by atoms with Crippen LogP contribution in [0.1, 0.15) is 25.3 Å². The quantitative estimate of drug-likeness (QED) is 0.883. The molecule has 1 aliphatic heterocycles. The van der Waals surface area contributed by atoms with Crippen LogP contribution in [-0.2, 0) is 15.6 Å². The van der Waals surface area contributed by atoms with Crippen LogP contribution in [0.15, 0.2) is 18.3 Å². The van der Waals surface area contributed by atoms with Gasteiger partial charge in [0.05, 0.1) is 5.75 Å². The third-order valence-electron chi connectivity index (χ3n) is 3.71. The van der Waals surface area contributed by atoms with E-state index in [2.05, 4.69) is 16.8 Å². The first kappa shape index (κ1) is 15.3. The Hall–Kier alpha value is -1.14. The van der Waals surface area contributed by atoms with Gasteiger partial charge in [0.25, 0.3) is 0 Å². The van der Waals surface area contributed by atoms with Crippen molar-refractivity contribution in [2.75, 3.05) is 24.2 Å². The standard InChI is InChI=1S/C14H23N3O2S/c1-3-4-12-8-17(9-13(12)15)14-6-5-11(7-16-14)10-20(2,18)19/h5-7,12-13H,3-4,8-10,15H2,1-2H3/t12-,13-/m0/s1. The second-order valence-corrected chi connectivity index (χ2v) is 7.85. The molecule has 0 aliphatic carbocycles. The zero-order chi connectivity index (χ0) is 14.8. The summed E-state index contributed by atoms with van der Waals surface area (Å²) in [7, 11) is -3.01. The van der Waals surface area contributed by atoms with Crippen LogP contribution >= 0.6 is 0 Å². The summed E-state index contributed by atoms with van der Waals surface area (Å²) in [6, 6.07) is 3.93. The topological polar surface area (TPSA) is 76.3 Å². The summed E-state index contributed by atoms with van der Waals surface area (Å²) < 4.78 is 22.5. The maximum Gasteiger partial charge on any atom is 0.151 e. The summed E-state index contributed by atoms with van der Waals surface area (Å²) in [6.07, 6.45) is 5.17. The fourth-order valence-corrected chi connectivity index (χ4v) is 3.53. The molecule has 0 unspecified atom stereocenters. The van der Waals surface area contributed by atoms with E-state index in [1.807, 2.05) is 12.1 Å². The van der Waals surface area contributed by atoms with Crippen LogP contribution < -0.4 is 10.6 Å². The molecule has 1 aromatic rings. The molecule has 1 aromatic heterocycles. The molecule has 0 radical (unpaired) electrons. The van der Waals surface area contributed by atoms with Crippen LogP contribution in [-0.4, -0.2) is 38.8 Å². The first-order valence-electron chi connectivity index (χ1n) is 7.02. The molecule has 5 nitrogen and oxygen atoms in total. The molecular weight excluding hydrogens is 274 g/mol. The van der Waals surface area contributed by atoms with Gasteiger partial charge in [-0.3, -0.25) is 0 Å². The number of nitrogens with zero attached hydrogens (tertiary/aromatic N) is 2. The molecule has 2 N–H and O–H groups in total. The lowest BCUT2D eigenvalue weighted by Gasteiger charge is -2.17. The number of pyridine rings is 1. The first-order chi connectivity index (χ1) is 9.39. The molecule has 1 saturated heterocycles. The van der Waals surface area contributed by atoms with Gasteiger partial charge in [-0.1, -0.05) is 19.4 Å². The lowest BCUT2D eigenvalue weighted by molar-refractivity contribution is 0.472. The Kier molecular flexibility index (Phi) is 4.65. The van der Waals surface area contributed by atoms with E-state index in [-0.39, 0.29) is 11.8 Å². The van der Waals surface area contributed by atoms with Crippen molar-refractivity contribution in [3.63, 3.8) is 0 Å². The molecule has 0 aromatic carbocycles. The first-order valence-corrected chi connectivity index (χ1v) is 9.08. The summed E-state index contributed by atoms with van der Waals surface area (Å²) in [6.45, 7) is 3.93. The van der Waals surface area contributed by atoms with E-state index >= 15 is 0 Å². The van der Waals surface area contributed by atoms with Gasteiger partial charge >= 0.3 is 0 Å². The third kappa shape index (κ3) is 3.93. The fourth-order valence-electron chi connectivity index (χ4n) is 2.75. The van der Waals surface area contributed by atoms with Gasteiger partial charge in [0.1, 0.15) is 5.82 Å². The van der Waals surface area contributed by atoms with Gasteiger partial charge in [0, 0.05) is 31.6 Å². The minimum Gasteiger partial charge on any atom is -0.355 e. The minimum atomic E-state index is -3.01. The smallest absolute Gasteiger partial charge is 0.151 e. The van der Waals surface area contributed by atoms with Crippen LogP contribution in [0.2, 0.25) is 0 Å². The van der Waals surface area contributed by atoms with E-state index in [0.29, 0.717) is 5.92 Å². The molecule has 112 valence electrons. The predicted molar refractivity (Wildman–Crippen MR) is 81.4 cm³/mol. The largest absolute Gasteiger partial charge is 0.355 e. The Morgan fingerprint density at radius 1 is 1.40 bits per heavy atom. The van der Waals surface area contributed by atoms with E-state index in [9.17, 15) is 8.42 Å². The van der Waals surface area contributed by atoms with Crippen LogP contribution in [0, 0.1) is 5.92 Å². The number of hydrogen-bond donors (Lipinski definition) is 1. The lowest BCUT2D eigenvalue weighted by atomic mass is 9.99. The van der Waals surface area contributed by atoms with Crippen molar-refractivity contribution in [1.29, 1.82) is 0 Å². The average molecular weight is 297 g/mol. The van der Waals surface area contributed by atoms with Crippen LogP contribution in [0.4, 0.5) is 5.82 Å². The molecule has 1 fully saturated rings. The number of anilines is 1. The lowest BCUT2D eigenvalue weighted by Crippen LogP contribution is -2.29. The van der Waals surface area contributed by atoms with Crippen LogP contribution in [0.25, 0.3) is 0 Å². The molecule has 0 saturated carbocycles. The van der Waals surface area contributed by atoms with E-state index in [1.54, 1.807) is 6.20 Å². The van der Waals surface area contributed by atoms with Crippen LogP contribution in [0.3, 0.4) is 0 Å².